The average Bonchev–Trinajstić information content (AvgIpc) is 2.94. The number of thioether (sulfide) groups is 1. The molecule has 0 aromatic heterocycles. The normalized spacial score (nSPS) is 16.0. The molecule has 13 nitrogen and oxygen atoms in total. The van der Waals surface area contributed by atoms with E-state index in [1.165, 1.54) is 6.07 Å². The van der Waals surface area contributed by atoms with Crippen LogP contribution in [0.3, 0.4) is 0 Å². The van der Waals surface area contributed by atoms with Gasteiger partial charge in [-0.25, -0.2) is 4.79 Å². The molecule has 0 radical (unpaired) electrons. The zero-order valence-electron chi connectivity index (χ0n) is 22.3. The molecule has 1 aliphatic heterocycles. The standard InChI is InChI=1S/C28H30O13S/c1-38-3-2-4-39-5-6-42-27-16(11-20(33)24(35)25(27)36)26-22(12-15-17(30)9-14(29)10-21(15)40-26)41-28(37)13-7-18(31)23(34)19(32)8-13/h7-11,22,26,29-36H,2-6,12H2,1H3/t22-,26-/m1/s1. The molecule has 1 heterocycles. The number of rotatable bonds is 11. The Balaban J connectivity index is 1.70. The number of hydrogen-bond donors (Lipinski definition) is 8. The third-order valence-corrected chi connectivity index (χ3v) is 7.47. The van der Waals surface area contributed by atoms with Crippen molar-refractivity contribution in [2.45, 2.75) is 29.9 Å². The van der Waals surface area contributed by atoms with E-state index in [1.54, 1.807) is 7.11 Å². The molecule has 2 atom stereocenters. The summed E-state index contributed by atoms with van der Waals surface area (Å²) in [5, 5.41) is 81.2. The second kappa shape index (κ2) is 13.1. The van der Waals surface area contributed by atoms with Gasteiger partial charge < -0.3 is 59.8 Å². The van der Waals surface area contributed by atoms with Crippen LogP contribution < -0.4 is 4.74 Å². The predicted octanol–water partition coefficient (Wildman–Crippen LogP) is 3.38. The second-order valence-corrected chi connectivity index (χ2v) is 10.4. The van der Waals surface area contributed by atoms with Crippen molar-refractivity contribution >= 4 is 17.7 Å². The SMILES string of the molecule is COCCCOCCSc1c([C@H]2Oc3cc(O)cc(O)c3C[C@H]2OC(=O)c2cc(O)c(O)c(O)c2)cc(O)c(O)c1O. The number of methoxy groups -OCH3 is 1. The minimum atomic E-state index is -1.26. The highest BCUT2D eigenvalue weighted by atomic mass is 32.2. The van der Waals surface area contributed by atoms with E-state index >= 15 is 0 Å². The van der Waals surface area contributed by atoms with E-state index in [-0.39, 0.29) is 51.9 Å². The van der Waals surface area contributed by atoms with Gasteiger partial charge in [0.2, 0.25) is 5.75 Å². The average molecular weight is 607 g/mol. The molecule has 0 bridgehead atoms. The van der Waals surface area contributed by atoms with Crippen LogP contribution >= 0.6 is 11.8 Å². The van der Waals surface area contributed by atoms with E-state index in [2.05, 4.69) is 0 Å². The summed E-state index contributed by atoms with van der Waals surface area (Å²) < 4.78 is 22.3. The summed E-state index contributed by atoms with van der Waals surface area (Å²) in [5.74, 6) is -5.86. The lowest BCUT2D eigenvalue weighted by molar-refractivity contribution is -0.0197. The van der Waals surface area contributed by atoms with E-state index in [1.807, 2.05) is 0 Å². The molecule has 226 valence electrons. The molecule has 4 rings (SSSR count). The zero-order valence-corrected chi connectivity index (χ0v) is 23.1. The lowest BCUT2D eigenvalue weighted by atomic mass is 9.93. The summed E-state index contributed by atoms with van der Waals surface area (Å²) in [7, 11) is 1.58. The van der Waals surface area contributed by atoms with Gasteiger partial charge in [0.1, 0.15) is 23.4 Å². The minimum absolute atomic E-state index is 0.0363. The van der Waals surface area contributed by atoms with Crippen LogP contribution in [-0.4, -0.2) is 85.6 Å². The first-order chi connectivity index (χ1) is 20.0. The lowest BCUT2D eigenvalue weighted by Crippen LogP contribution is -2.35. The van der Waals surface area contributed by atoms with Crippen molar-refractivity contribution in [2.24, 2.45) is 0 Å². The van der Waals surface area contributed by atoms with Crippen LogP contribution in [0, 0.1) is 0 Å². The molecule has 0 saturated heterocycles. The fourth-order valence-corrected chi connectivity index (χ4v) is 5.34. The molecule has 0 aliphatic carbocycles. The molecular weight excluding hydrogens is 576 g/mol. The van der Waals surface area contributed by atoms with Crippen molar-refractivity contribution in [1.29, 1.82) is 0 Å². The number of carbonyl (C=O) groups is 1. The number of phenolic OH excluding ortho intramolecular Hbond substituents is 8. The molecule has 3 aromatic rings. The van der Waals surface area contributed by atoms with Gasteiger partial charge in [-0.15, -0.1) is 11.8 Å². The first-order valence-electron chi connectivity index (χ1n) is 12.7. The van der Waals surface area contributed by atoms with Crippen LogP contribution in [0.25, 0.3) is 0 Å². The van der Waals surface area contributed by atoms with Gasteiger partial charge in [0, 0.05) is 55.8 Å². The highest BCUT2D eigenvalue weighted by molar-refractivity contribution is 7.99. The van der Waals surface area contributed by atoms with Crippen molar-refractivity contribution in [2.75, 3.05) is 32.7 Å². The first kappa shape index (κ1) is 30.6. The van der Waals surface area contributed by atoms with Crippen LogP contribution in [0.4, 0.5) is 0 Å². The van der Waals surface area contributed by atoms with Gasteiger partial charge in [-0.05, 0) is 24.6 Å². The molecule has 0 spiro atoms. The number of phenols is 8. The molecule has 14 heteroatoms. The van der Waals surface area contributed by atoms with Crippen LogP contribution in [-0.2, 0) is 20.6 Å². The first-order valence-corrected chi connectivity index (χ1v) is 13.6. The van der Waals surface area contributed by atoms with E-state index in [0.29, 0.717) is 25.4 Å². The molecule has 1 aliphatic rings. The van der Waals surface area contributed by atoms with Gasteiger partial charge in [0.15, 0.2) is 34.9 Å². The van der Waals surface area contributed by atoms with Gasteiger partial charge in [-0.1, -0.05) is 0 Å². The lowest BCUT2D eigenvalue weighted by Gasteiger charge is -2.35. The molecule has 42 heavy (non-hydrogen) atoms. The summed E-state index contributed by atoms with van der Waals surface area (Å²) >= 11 is 1.07. The number of benzene rings is 3. The topological polar surface area (TPSA) is 216 Å². The summed E-state index contributed by atoms with van der Waals surface area (Å²) in [6.07, 6.45) is -1.99. The molecule has 0 saturated carbocycles. The maximum Gasteiger partial charge on any atom is 0.338 e. The van der Waals surface area contributed by atoms with Crippen LogP contribution in [0.1, 0.15) is 34.0 Å². The van der Waals surface area contributed by atoms with E-state index in [9.17, 15) is 45.6 Å². The van der Waals surface area contributed by atoms with Crippen molar-refractivity contribution < 1.29 is 64.6 Å². The number of hydrogen-bond acceptors (Lipinski definition) is 14. The second-order valence-electron chi connectivity index (χ2n) is 9.31. The van der Waals surface area contributed by atoms with Gasteiger partial charge in [0.05, 0.1) is 17.1 Å². The molecule has 0 amide bonds. The number of carbonyl (C=O) groups excluding carboxylic acids is 1. The Morgan fingerprint density at radius 1 is 0.857 bits per heavy atom. The van der Waals surface area contributed by atoms with Crippen LogP contribution in [0.15, 0.2) is 35.2 Å². The number of fused-ring (bicyclic) bond motifs is 1. The van der Waals surface area contributed by atoms with Crippen molar-refractivity contribution in [3.63, 3.8) is 0 Å². The van der Waals surface area contributed by atoms with Gasteiger partial charge in [-0.3, -0.25) is 0 Å². The molecule has 0 fully saturated rings. The highest BCUT2D eigenvalue weighted by Gasteiger charge is 2.39. The fraction of sp³-hybridized carbons (Fsp3) is 0.321. The smallest absolute Gasteiger partial charge is 0.338 e. The van der Waals surface area contributed by atoms with Gasteiger partial charge in [0.25, 0.3) is 0 Å². The Hall–Kier alpha value is -4.40. The monoisotopic (exact) mass is 606 g/mol. The predicted molar refractivity (Wildman–Crippen MR) is 147 cm³/mol. The number of ether oxygens (including phenoxy) is 4. The largest absolute Gasteiger partial charge is 0.508 e. The van der Waals surface area contributed by atoms with E-state index in [4.69, 9.17) is 18.9 Å². The number of aromatic hydroxyl groups is 8. The fourth-order valence-electron chi connectivity index (χ4n) is 4.36. The van der Waals surface area contributed by atoms with Gasteiger partial charge in [-0.2, -0.15) is 0 Å². The Bertz CT molecular complexity index is 1440. The summed E-state index contributed by atoms with van der Waals surface area (Å²) in [5.41, 5.74) is -0.0297. The van der Waals surface area contributed by atoms with E-state index < -0.39 is 52.7 Å². The van der Waals surface area contributed by atoms with Crippen molar-refractivity contribution in [1.82, 2.24) is 0 Å². The zero-order chi connectivity index (χ0) is 30.6. The van der Waals surface area contributed by atoms with Crippen molar-refractivity contribution in [3.8, 4) is 51.7 Å². The molecule has 3 aromatic carbocycles. The van der Waals surface area contributed by atoms with Crippen LogP contribution in [0.2, 0.25) is 0 Å². The maximum absolute atomic E-state index is 13.1. The quantitative estimate of drug-likeness (QED) is 0.0680. The van der Waals surface area contributed by atoms with Gasteiger partial charge >= 0.3 is 5.97 Å². The molecule has 0 unspecified atom stereocenters. The van der Waals surface area contributed by atoms with E-state index in [0.717, 1.165) is 36.0 Å². The Labute approximate surface area is 243 Å². The Kier molecular flexibility index (Phi) is 9.50. The summed E-state index contributed by atoms with van der Waals surface area (Å²) in [4.78, 5) is 13.2. The Morgan fingerprint density at radius 2 is 1.55 bits per heavy atom. The molecular formula is C28H30O13S. The highest BCUT2D eigenvalue weighted by Crippen LogP contribution is 2.50. The number of esters is 1. The third kappa shape index (κ3) is 6.56. The van der Waals surface area contributed by atoms with Crippen LogP contribution in [0.5, 0.6) is 51.7 Å². The molecule has 8 N–H and O–H groups in total. The summed E-state index contributed by atoms with van der Waals surface area (Å²) in [6.45, 7) is 1.22. The minimum Gasteiger partial charge on any atom is -0.508 e. The third-order valence-electron chi connectivity index (χ3n) is 6.39. The maximum atomic E-state index is 13.1. The summed E-state index contributed by atoms with van der Waals surface area (Å²) in [6, 6.07) is 5.20. The Morgan fingerprint density at radius 3 is 2.24 bits per heavy atom. The van der Waals surface area contributed by atoms with Crippen molar-refractivity contribution in [3.05, 3.63) is 47.0 Å².